The van der Waals surface area contributed by atoms with Gasteiger partial charge in [0.15, 0.2) is 0 Å². The van der Waals surface area contributed by atoms with E-state index in [2.05, 4.69) is 5.32 Å². The van der Waals surface area contributed by atoms with Crippen LogP contribution in [0.3, 0.4) is 0 Å². The molecule has 0 radical (unpaired) electrons. The molecule has 0 saturated heterocycles. The van der Waals surface area contributed by atoms with Gasteiger partial charge in [0.25, 0.3) is 0 Å². The van der Waals surface area contributed by atoms with E-state index in [1.54, 1.807) is 0 Å². The third kappa shape index (κ3) is 5.57. The molecule has 1 aromatic rings. The van der Waals surface area contributed by atoms with Crippen molar-refractivity contribution >= 4 is 11.7 Å². The molecule has 0 aliphatic carbocycles. The maximum absolute atomic E-state index is 13.3. The molecule has 0 heterocycles. The molecule has 6 nitrogen and oxygen atoms in total. The number of nitrogens with one attached hydrogen (secondary N) is 1. The second kappa shape index (κ2) is 8.43. The first kappa shape index (κ1) is 17.2. The standard InChI is InChI=1S/C14H21FN2O4/c1-10(2)21-13-4-3-11(15)9-12(13)16-14(20)17(5-7-18)6-8-19/h3-4,9-10,18-19H,5-8H2,1-2H3,(H,16,20). The van der Waals surface area contributed by atoms with Crippen molar-refractivity contribution in [3.8, 4) is 5.75 Å². The van der Waals surface area contributed by atoms with Gasteiger partial charge in [0.1, 0.15) is 11.6 Å². The fourth-order valence-corrected chi connectivity index (χ4v) is 1.71. The van der Waals surface area contributed by atoms with E-state index in [9.17, 15) is 9.18 Å². The number of hydrogen-bond donors (Lipinski definition) is 3. The summed E-state index contributed by atoms with van der Waals surface area (Å²) in [5.74, 6) is -0.148. The summed E-state index contributed by atoms with van der Waals surface area (Å²) in [6, 6.07) is 3.29. The molecule has 0 aliphatic heterocycles. The first-order chi connectivity index (χ1) is 9.97. The van der Waals surface area contributed by atoms with Crippen LogP contribution in [0.1, 0.15) is 13.8 Å². The van der Waals surface area contributed by atoms with E-state index in [0.29, 0.717) is 5.75 Å². The first-order valence-corrected chi connectivity index (χ1v) is 6.71. The van der Waals surface area contributed by atoms with Gasteiger partial charge in [-0.25, -0.2) is 9.18 Å². The molecular formula is C14H21FN2O4. The summed E-state index contributed by atoms with van der Waals surface area (Å²) >= 11 is 0. The molecule has 3 N–H and O–H groups in total. The molecule has 21 heavy (non-hydrogen) atoms. The number of aliphatic hydroxyl groups is 2. The van der Waals surface area contributed by atoms with Crippen LogP contribution in [-0.2, 0) is 0 Å². The summed E-state index contributed by atoms with van der Waals surface area (Å²) in [4.78, 5) is 13.3. The van der Waals surface area contributed by atoms with Crippen molar-refractivity contribution in [2.24, 2.45) is 0 Å². The number of ether oxygens (including phenoxy) is 1. The van der Waals surface area contributed by atoms with E-state index in [-0.39, 0.29) is 38.1 Å². The van der Waals surface area contributed by atoms with Gasteiger partial charge in [-0.05, 0) is 26.0 Å². The van der Waals surface area contributed by atoms with Gasteiger partial charge in [0.2, 0.25) is 0 Å². The number of urea groups is 1. The summed E-state index contributed by atoms with van der Waals surface area (Å²) in [6.45, 7) is 3.32. The van der Waals surface area contributed by atoms with Gasteiger partial charge in [-0.1, -0.05) is 0 Å². The number of benzene rings is 1. The number of hydrogen-bond acceptors (Lipinski definition) is 4. The predicted molar refractivity (Wildman–Crippen MR) is 76.9 cm³/mol. The second-order valence-electron chi connectivity index (χ2n) is 4.67. The van der Waals surface area contributed by atoms with E-state index in [4.69, 9.17) is 14.9 Å². The highest BCUT2D eigenvalue weighted by Gasteiger charge is 2.16. The number of nitrogens with zero attached hydrogens (tertiary/aromatic N) is 1. The quantitative estimate of drug-likeness (QED) is 0.711. The summed E-state index contributed by atoms with van der Waals surface area (Å²) < 4.78 is 18.8. The molecule has 1 rings (SSSR count). The smallest absolute Gasteiger partial charge is 0.322 e. The Balaban J connectivity index is 2.88. The first-order valence-electron chi connectivity index (χ1n) is 6.71. The summed E-state index contributed by atoms with van der Waals surface area (Å²) in [5, 5.41) is 20.3. The van der Waals surface area contributed by atoms with Gasteiger partial charge in [-0.2, -0.15) is 0 Å². The van der Waals surface area contributed by atoms with Gasteiger partial charge < -0.3 is 25.2 Å². The lowest BCUT2D eigenvalue weighted by molar-refractivity contribution is 0.167. The van der Waals surface area contributed by atoms with Crippen LogP contribution in [0.25, 0.3) is 0 Å². The van der Waals surface area contributed by atoms with Crippen LogP contribution in [0.2, 0.25) is 0 Å². The van der Waals surface area contributed by atoms with E-state index in [1.807, 2.05) is 13.8 Å². The lowest BCUT2D eigenvalue weighted by Crippen LogP contribution is -2.39. The molecule has 0 spiro atoms. The van der Waals surface area contributed by atoms with Crippen LogP contribution in [0.4, 0.5) is 14.9 Å². The highest BCUT2D eigenvalue weighted by Crippen LogP contribution is 2.26. The highest BCUT2D eigenvalue weighted by molar-refractivity contribution is 5.91. The lowest BCUT2D eigenvalue weighted by atomic mass is 10.2. The number of carbonyl (C=O) groups excluding carboxylic acids is 1. The minimum absolute atomic E-state index is 0.0715. The molecular weight excluding hydrogens is 279 g/mol. The number of amides is 2. The zero-order chi connectivity index (χ0) is 15.8. The number of halogens is 1. The van der Waals surface area contributed by atoms with Gasteiger partial charge in [0.05, 0.1) is 25.0 Å². The minimum atomic E-state index is -0.544. The topological polar surface area (TPSA) is 82.0 Å². The molecule has 0 bridgehead atoms. The predicted octanol–water partition coefficient (Wildman–Crippen LogP) is 1.43. The number of aliphatic hydroxyl groups excluding tert-OH is 2. The molecule has 0 fully saturated rings. The third-order valence-electron chi connectivity index (χ3n) is 2.57. The van der Waals surface area contributed by atoms with Gasteiger partial charge in [-0.15, -0.1) is 0 Å². The van der Waals surface area contributed by atoms with E-state index >= 15 is 0 Å². The van der Waals surface area contributed by atoms with Crippen LogP contribution in [0.5, 0.6) is 5.75 Å². The molecule has 2 amide bonds. The molecule has 0 atom stereocenters. The van der Waals surface area contributed by atoms with Crippen molar-refractivity contribution in [3.05, 3.63) is 24.0 Å². The van der Waals surface area contributed by atoms with Crippen LogP contribution in [-0.4, -0.2) is 53.6 Å². The maximum Gasteiger partial charge on any atom is 0.322 e. The molecule has 1 aromatic carbocycles. The average Bonchev–Trinajstić information content (AvgIpc) is 2.41. The third-order valence-corrected chi connectivity index (χ3v) is 2.57. The summed E-state index contributed by atoms with van der Waals surface area (Å²) in [7, 11) is 0. The molecule has 118 valence electrons. The monoisotopic (exact) mass is 300 g/mol. The van der Waals surface area contributed by atoms with Gasteiger partial charge in [-0.3, -0.25) is 0 Å². The molecule has 7 heteroatoms. The maximum atomic E-state index is 13.3. The SMILES string of the molecule is CC(C)Oc1ccc(F)cc1NC(=O)N(CCO)CCO. The molecule has 0 saturated carbocycles. The highest BCUT2D eigenvalue weighted by atomic mass is 19.1. The van der Waals surface area contributed by atoms with Crippen molar-refractivity contribution in [1.29, 1.82) is 0 Å². The Hall–Kier alpha value is -1.86. The average molecular weight is 300 g/mol. The minimum Gasteiger partial charge on any atom is -0.489 e. The zero-order valence-corrected chi connectivity index (χ0v) is 12.2. The summed E-state index contributed by atoms with van der Waals surface area (Å²) in [6.07, 6.45) is -0.128. The fourth-order valence-electron chi connectivity index (χ4n) is 1.71. The van der Waals surface area contributed by atoms with Crippen LogP contribution in [0, 0.1) is 5.82 Å². The van der Waals surface area contributed by atoms with Crippen molar-refractivity contribution in [2.75, 3.05) is 31.6 Å². The Morgan fingerprint density at radius 3 is 2.48 bits per heavy atom. The number of carbonyl (C=O) groups is 1. The second-order valence-corrected chi connectivity index (χ2v) is 4.67. The fraction of sp³-hybridized carbons (Fsp3) is 0.500. The Morgan fingerprint density at radius 1 is 1.33 bits per heavy atom. The zero-order valence-electron chi connectivity index (χ0n) is 12.2. The van der Waals surface area contributed by atoms with E-state index in [1.165, 1.54) is 17.0 Å². The summed E-state index contributed by atoms with van der Waals surface area (Å²) in [5.41, 5.74) is 0.203. The Kier molecular flexibility index (Phi) is 6.90. The molecule has 0 unspecified atom stereocenters. The van der Waals surface area contributed by atoms with Gasteiger partial charge in [0, 0.05) is 19.2 Å². The van der Waals surface area contributed by atoms with Crippen molar-refractivity contribution in [1.82, 2.24) is 4.90 Å². The van der Waals surface area contributed by atoms with Crippen LogP contribution in [0.15, 0.2) is 18.2 Å². The van der Waals surface area contributed by atoms with Crippen LogP contribution >= 0.6 is 0 Å². The van der Waals surface area contributed by atoms with Crippen LogP contribution < -0.4 is 10.1 Å². The Labute approximate surface area is 123 Å². The number of anilines is 1. The van der Waals surface area contributed by atoms with Crippen molar-refractivity contribution < 1.29 is 24.1 Å². The normalized spacial score (nSPS) is 10.6. The van der Waals surface area contributed by atoms with Crippen molar-refractivity contribution in [3.63, 3.8) is 0 Å². The Morgan fingerprint density at radius 2 is 1.95 bits per heavy atom. The van der Waals surface area contributed by atoms with Crippen molar-refractivity contribution in [2.45, 2.75) is 20.0 Å². The Bertz CT molecular complexity index is 462. The molecule has 0 aliphatic rings. The van der Waals surface area contributed by atoms with E-state index < -0.39 is 11.8 Å². The van der Waals surface area contributed by atoms with E-state index in [0.717, 1.165) is 6.07 Å². The lowest BCUT2D eigenvalue weighted by Gasteiger charge is -2.22. The largest absolute Gasteiger partial charge is 0.489 e. The van der Waals surface area contributed by atoms with Gasteiger partial charge >= 0.3 is 6.03 Å². The molecule has 0 aromatic heterocycles. The number of rotatable bonds is 7.